The number of nitro groups is 1. The van der Waals surface area contributed by atoms with Crippen LogP contribution in [0.25, 0.3) is 0 Å². The van der Waals surface area contributed by atoms with E-state index < -0.39 is 29.2 Å². The Morgan fingerprint density at radius 2 is 1.86 bits per heavy atom. The van der Waals surface area contributed by atoms with Crippen molar-refractivity contribution in [2.24, 2.45) is 0 Å². The van der Waals surface area contributed by atoms with Crippen LogP contribution in [0.4, 0.5) is 24.5 Å². The van der Waals surface area contributed by atoms with Gasteiger partial charge in [-0.3, -0.25) is 19.6 Å². The van der Waals surface area contributed by atoms with Gasteiger partial charge in [-0.1, -0.05) is 18.6 Å². The number of fused-ring (bicyclic) bond motifs is 1. The van der Waals surface area contributed by atoms with Crippen LogP contribution in [0, 0.1) is 10.1 Å². The molecule has 0 bridgehead atoms. The number of non-ortho nitro benzene ring substituents is 1. The molecule has 0 fully saturated rings. The number of ether oxygens (including phenoxy) is 2. The highest BCUT2D eigenvalue weighted by atomic mass is 19.4. The zero-order chi connectivity index (χ0) is 25.9. The summed E-state index contributed by atoms with van der Waals surface area (Å²) in [6.07, 6.45) is -1.87. The average Bonchev–Trinajstić information content (AvgIpc) is 2.99. The van der Waals surface area contributed by atoms with Gasteiger partial charge in [-0.15, -0.1) is 0 Å². The molecule has 0 unspecified atom stereocenters. The van der Waals surface area contributed by atoms with Crippen LogP contribution < -0.4 is 14.8 Å². The number of halogens is 3. The van der Waals surface area contributed by atoms with Crippen molar-refractivity contribution >= 4 is 17.3 Å². The predicted octanol–water partition coefficient (Wildman–Crippen LogP) is 5.52. The highest BCUT2D eigenvalue weighted by molar-refractivity contribution is 5.91. The van der Waals surface area contributed by atoms with Gasteiger partial charge in [-0.05, 0) is 37.8 Å². The number of benzene rings is 2. The predicted molar refractivity (Wildman–Crippen MR) is 123 cm³/mol. The van der Waals surface area contributed by atoms with Crippen molar-refractivity contribution in [1.82, 2.24) is 9.78 Å². The first kappa shape index (κ1) is 25.0. The van der Waals surface area contributed by atoms with Crippen molar-refractivity contribution in [3.05, 3.63) is 69.5 Å². The van der Waals surface area contributed by atoms with Crippen LogP contribution in [0.5, 0.6) is 17.2 Å². The Morgan fingerprint density at radius 3 is 2.56 bits per heavy atom. The fourth-order valence-electron chi connectivity index (χ4n) is 4.19. The van der Waals surface area contributed by atoms with Crippen LogP contribution in [0.15, 0.2) is 42.5 Å². The smallest absolute Gasteiger partial charge is 0.435 e. The maximum Gasteiger partial charge on any atom is 0.435 e. The van der Waals surface area contributed by atoms with E-state index in [4.69, 9.17) is 9.47 Å². The van der Waals surface area contributed by atoms with E-state index in [1.807, 2.05) is 0 Å². The summed E-state index contributed by atoms with van der Waals surface area (Å²) < 4.78 is 52.7. The third kappa shape index (κ3) is 5.58. The lowest BCUT2D eigenvalue weighted by Crippen LogP contribution is -2.21. The van der Waals surface area contributed by atoms with Crippen LogP contribution in [0.2, 0.25) is 0 Å². The number of hydrogen-bond acceptors (Lipinski definition) is 6. The van der Waals surface area contributed by atoms with Gasteiger partial charge in [0.2, 0.25) is 5.91 Å². The van der Waals surface area contributed by atoms with Crippen molar-refractivity contribution in [3.8, 4) is 17.2 Å². The summed E-state index contributed by atoms with van der Waals surface area (Å²) >= 11 is 0. The fourth-order valence-corrected chi connectivity index (χ4v) is 4.19. The lowest BCUT2D eigenvalue weighted by atomic mass is 10.1. The Morgan fingerprint density at radius 1 is 1.14 bits per heavy atom. The topological polar surface area (TPSA) is 109 Å². The van der Waals surface area contributed by atoms with Crippen LogP contribution in [-0.2, 0) is 30.4 Å². The number of aromatic nitrogens is 2. The van der Waals surface area contributed by atoms with E-state index in [0.29, 0.717) is 36.5 Å². The molecule has 0 aliphatic heterocycles. The number of nitrogens with one attached hydrogen (secondary N) is 1. The molecule has 2 aromatic carbocycles. The molecule has 9 nitrogen and oxygen atoms in total. The third-order valence-electron chi connectivity index (χ3n) is 5.75. The summed E-state index contributed by atoms with van der Waals surface area (Å²) in [6, 6.07) is 10.4. The minimum Gasteiger partial charge on any atom is -0.493 e. The van der Waals surface area contributed by atoms with Crippen molar-refractivity contribution in [2.45, 2.75) is 44.8 Å². The second-order valence-electron chi connectivity index (χ2n) is 8.26. The first-order valence-corrected chi connectivity index (χ1v) is 11.2. The zero-order valence-electron chi connectivity index (χ0n) is 19.3. The average molecular weight is 504 g/mol. The van der Waals surface area contributed by atoms with Crippen LogP contribution in [0.1, 0.15) is 36.2 Å². The van der Waals surface area contributed by atoms with Gasteiger partial charge in [0.25, 0.3) is 5.69 Å². The minimum atomic E-state index is -4.62. The summed E-state index contributed by atoms with van der Waals surface area (Å²) in [5.74, 6) is 0.0875. The molecule has 3 aromatic rings. The number of amides is 1. The number of carbonyl (C=O) groups is 1. The molecule has 12 heteroatoms. The van der Waals surface area contributed by atoms with Crippen molar-refractivity contribution in [2.75, 3.05) is 12.4 Å². The zero-order valence-corrected chi connectivity index (χ0v) is 19.3. The first-order valence-electron chi connectivity index (χ1n) is 11.2. The molecule has 0 atom stereocenters. The van der Waals surface area contributed by atoms with E-state index in [1.165, 1.54) is 19.2 Å². The summed E-state index contributed by atoms with van der Waals surface area (Å²) in [6.45, 7) is -0.468. The number of rotatable bonds is 7. The lowest BCUT2D eigenvalue weighted by Gasteiger charge is -2.12. The molecule has 0 saturated heterocycles. The van der Waals surface area contributed by atoms with Crippen LogP contribution >= 0.6 is 0 Å². The van der Waals surface area contributed by atoms with Gasteiger partial charge >= 0.3 is 6.18 Å². The Hall–Kier alpha value is -4.09. The molecule has 0 radical (unpaired) electrons. The molecular weight excluding hydrogens is 481 g/mol. The molecule has 0 saturated carbocycles. The number of nitrogens with zero attached hydrogens (tertiary/aromatic N) is 3. The van der Waals surface area contributed by atoms with Gasteiger partial charge in [0.15, 0.2) is 17.2 Å². The number of nitro benzene ring substituents is 1. The molecule has 1 heterocycles. The molecule has 1 aromatic heterocycles. The van der Waals surface area contributed by atoms with Crippen molar-refractivity contribution in [1.29, 1.82) is 0 Å². The fraction of sp³-hybridized carbons (Fsp3) is 0.333. The summed E-state index contributed by atoms with van der Waals surface area (Å²) in [5, 5.41) is 17.7. The van der Waals surface area contributed by atoms with E-state index in [-0.39, 0.29) is 29.1 Å². The molecule has 190 valence electrons. The molecule has 1 amide bonds. The Balaban J connectivity index is 1.59. The molecule has 1 N–H and O–H groups in total. The number of hydrogen-bond donors (Lipinski definition) is 1. The first-order chi connectivity index (χ1) is 17.2. The molecule has 0 spiro atoms. The number of methoxy groups -OCH3 is 1. The van der Waals surface area contributed by atoms with Gasteiger partial charge < -0.3 is 14.8 Å². The molecule has 1 aliphatic rings. The molecule has 1 aliphatic carbocycles. The van der Waals surface area contributed by atoms with Gasteiger partial charge in [0, 0.05) is 23.4 Å². The summed E-state index contributed by atoms with van der Waals surface area (Å²) in [5.41, 5.74) is -0.724. The second kappa shape index (κ2) is 10.3. The largest absolute Gasteiger partial charge is 0.493 e. The standard InChI is InChI=1S/C24H23F3N4O5/c1-35-20-9-5-6-10-21(20)36-17-12-15(11-16(13-17)31(33)34)28-22(32)14-30-19-8-4-2-3-7-18(19)23(29-30)24(25,26)27/h5-6,9-13H,2-4,7-8,14H2,1H3,(H,28,32). The summed E-state index contributed by atoms with van der Waals surface area (Å²) in [4.78, 5) is 23.6. The molecular formula is C24H23F3N4O5. The van der Waals surface area contributed by atoms with E-state index >= 15 is 0 Å². The van der Waals surface area contributed by atoms with Gasteiger partial charge in [-0.25, -0.2) is 0 Å². The Bertz CT molecular complexity index is 1290. The lowest BCUT2D eigenvalue weighted by molar-refractivity contribution is -0.384. The minimum absolute atomic E-state index is 0.0494. The van der Waals surface area contributed by atoms with Crippen LogP contribution in [-0.4, -0.2) is 27.7 Å². The van der Waals surface area contributed by atoms with Crippen molar-refractivity contribution < 1.29 is 32.4 Å². The van der Waals surface area contributed by atoms with E-state index in [2.05, 4.69) is 10.4 Å². The Kier molecular flexibility index (Phi) is 7.13. The SMILES string of the molecule is COc1ccccc1Oc1cc(NC(=O)Cn2nc(C(F)(F)F)c3c2CCCCC3)cc([N+](=O)[O-])c1. The highest BCUT2D eigenvalue weighted by Crippen LogP contribution is 2.36. The third-order valence-corrected chi connectivity index (χ3v) is 5.75. The van der Waals surface area contributed by atoms with Gasteiger partial charge in [0.05, 0.1) is 23.8 Å². The quantitative estimate of drug-likeness (QED) is 0.258. The monoisotopic (exact) mass is 504 g/mol. The number of anilines is 1. The second-order valence-corrected chi connectivity index (χ2v) is 8.26. The number of para-hydroxylation sites is 2. The number of carbonyl (C=O) groups excluding carboxylic acids is 1. The normalized spacial score (nSPS) is 13.4. The van der Waals surface area contributed by atoms with Gasteiger partial charge in [-0.2, -0.15) is 18.3 Å². The van der Waals surface area contributed by atoms with Crippen LogP contribution in [0.3, 0.4) is 0 Å². The molecule has 4 rings (SSSR count). The van der Waals surface area contributed by atoms with E-state index in [1.54, 1.807) is 24.3 Å². The summed E-state index contributed by atoms with van der Waals surface area (Å²) in [7, 11) is 1.45. The highest BCUT2D eigenvalue weighted by Gasteiger charge is 2.39. The van der Waals surface area contributed by atoms with Gasteiger partial charge in [0.1, 0.15) is 12.3 Å². The molecule has 36 heavy (non-hydrogen) atoms. The Labute approximate surface area is 204 Å². The number of alkyl halides is 3. The van der Waals surface area contributed by atoms with E-state index in [0.717, 1.165) is 17.2 Å². The van der Waals surface area contributed by atoms with Crippen molar-refractivity contribution in [3.63, 3.8) is 0 Å². The van der Waals surface area contributed by atoms with E-state index in [9.17, 15) is 28.1 Å². The maximum atomic E-state index is 13.5. The maximum absolute atomic E-state index is 13.5.